The molecule has 0 saturated carbocycles. The highest BCUT2D eigenvalue weighted by Gasteiger charge is 2.47. The Morgan fingerprint density at radius 3 is 2.45 bits per heavy atom. The van der Waals surface area contributed by atoms with E-state index in [9.17, 15) is 4.79 Å². The maximum atomic E-state index is 12.8. The van der Waals surface area contributed by atoms with Crippen LogP contribution in [0.25, 0.3) is 0 Å². The summed E-state index contributed by atoms with van der Waals surface area (Å²) in [4.78, 5) is 17.3. The Hall–Kier alpha value is -2.34. The van der Waals surface area contributed by atoms with Gasteiger partial charge in [-0.1, -0.05) is 18.2 Å². The minimum Gasteiger partial charge on any atom is -0.487 e. The summed E-state index contributed by atoms with van der Waals surface area (Å²) in [6.07, 6.45) is 2.26. The number of rotatable bonds is 5. The van der Waals surface area contributed by atoms with Crippen molar-refractivity contribution in [2.75, 3.05) is 19.6 Å². The van der Waals surface area contributed by atoms with Gasteiger partial charge in [-0.3, -0.25) is 14.4 Å². The summed E-state index contributed by atoms with van der Waals surface area (Å²) < 4.78 is 8.09. The van der Waals surface area contributed by atoms with Crippen molar-refractivity contribution in [2.24, 2.45) is 13.0 Å². The van der Waals surface area contributed by atoms with Crippen molar-refractivity contribution in [3.05, 3.63) is 47.8 Å². The Bertz CT molecular complexity index is 820. The Morgan fingerprint density at radius 2 is 1.86 bits per heavy atom. The number of benzene rings is 1. The van der Waals surface area contributed by atoms with Gasteiger partial charge in [-0.2, -0.15) is 5.10 Å². The number of aromatic nitrogens is 2. The number of hydrogen-bond donors (Lipinski definition) is 0. The smallest absolute Gasteiger partial charge is 0.274 e. The van der Waals surface area contributed by atoms with E-state index in [-0.39, 0.29) is 12.0 Å². The van der Waals surface area contributed by atoms with Crippen LogP contribution < -0.4 is 4.74 Å². The van der Waals surface area contributed by atoms with Crippen LogP contribution in [0.5, 0.6) is 5.75 Å². The van der Waals surface area contributed by atoms with Crippen LogP contribution in [-0.4, -0.2) is 63.3 Å². The molecule has 3 heterocycles. The highest BCUT2D eigenvalue weighted by atomic mass is 16.5. The fraction of sp³-hybridized carbons (Fsp3) is 0.565. The zero-order valence-corrected chi connectivity index (χ0v) is 17.9. The fourth-order valence-corrected chi connectivity index (χ4v) is 4.69. The number of ether oxygens (including phenoxy) is 1. The number of nitrogens with zero attached hydrogens (tertiary/aromatic N) is 4. The largest absolute Gasteiger partial charge is 0.487 e. The summed E-state index contributed by atoms with van der Waals surface area (Å²) in [5.41, 5.74) is 1.56. The van der Waals surface area contributed by atoms with E-state index in [1.54, 1.807) is 4.68 Å². The number of amides is 1. The number of carbonyl (C=O) groups is 1. The standard InChI is InChI=1S/C23H32N4O2/c1-16(2)27-15-21(29-19-8-6-5-7-9-19)22(27)18-10-12-26(13-11-18)23(28)20-14-17(3)25(4)24-20/h5-9,14,16,18,21-22H,10-13,15H2,1-4H3. The first-order valence-corrected chi connectivity index (χ1v) is 10.7. The molecule has 2 aliphatic heterocycles. The molecule has 0 aliphatic carbocycles. The van der Waals surface area contributed by atoms with Crippen LogP contribution in [0.2, 0.25) is 0 Å². The molecule has 2 aromatic rings. The van der Waals surface area contributed by atoms with E-state index in [0.29, 0.717) is 23.7 Å². The Kier molecular flexibility index (Phi) is 5.63. The van der Waals surface area contributed by atoms with Crippen LogP contribution >= 0.6 is 0 Å². The van der Waals surface area contributed by atoms with Gasteiger partial charge in [0, 0.05) is 38.4 Å². The fourth-order valence-electron chi connectivity index (χ4n) is 4.69. The SMILES string of the molecule is Cc1cc(C(=O)N2CCC(C3C(Oc4ccccc4)CN3C(C)C)CC2)nn1C. The van der Waals surface area contributed by atoms with Crippen molar-refractivity contribution >= 4 is 5.91 Å². The molecule has 2 unspecified atom stereocenters. The van der Waals surface area contributed by atoms with Gasteiger partial charge in [0.2, 0.25) is 0 Å². The van der Waals surface area contributed by atoms with Gasteiger partial charge >= 0.3 is 0 Å². The second-order valence-electron chi connectivity index (χ2n) is 8.67. The topological polar surface area (TPSA) is 50.6 Å². The van der Waals surface area contributed by atoms with E-state index >= 15 is 0 Å². The number of aryl methyl sites for hydroxylation is 2. The zero-order chi connectivity index (χ0) is 20.5. The number of carbonyl (C=O) groups excluding carboxylic acids is 1. The molecule has 0 radical (unpaired) electrons. The second kappa shape index (κ2) is 8.19. The summed E-state index contributed by atoms with van der Waals surface area (Å²) in [6.45, 7) is 9.05. The molecule has 2 fully saturated rings. The van der Waals surface area contributed by atoms with Crippen molar-refractivity contribution in [1.29, 1.82) is 0 Å². The molecular formula is C23H32N4O2. The lowest BCUT2D eigenvalue weighted by molar-refractivity contribution is -0.0983. The summed E-state index contributed by atoms with van der Waals surface area (Å²) >= 11 is 0. The average Bonchev–Trinajstić information content (AvgIpc) is 3.04. The van der Waals surface area contributed by atoms with Gasteiger partial charge in [0.15, 0.2) is 5.69 Å². The Morgan fingerprint density at radius 1 is 1.17 bits per heavy atom. The van der Waals surface area contributed by atoms with Gasteiger partial charge < -0.3 is 9.64 Å². The first-order valence-electron chi connectivity index (χ1n) is 10.7. The normalized spacial score (nSPS) is 23.3. The molecule has 156 valence electrons. The number of likely N-dealkylation sites (tertiary alicyclic amines) is 2. The van der Waals surface area contributed by atoms with Gasteiger partial charge in [0.1, 0.15) is 11.9 Å². The molecule has 0 N–H and O–H groups in total. The van der Waals surface area contributed by atoms with E-state index < -0.39 is 0 Å². The van der Waals surface area contributed by atoms with E-state index in [0.717, 1.165) is 43.9 Å². The summed E-state index contributed by atoms with van der Waals surface area (Å²) in [5.74, 6) is 1.55. The van der Waals surface area contributed by atoms with Gasteiger partial charge in [0.25, 0.3) is 5.91 Å². The van der Waals surface area contributed by atoms with Gasteiger partial charge in [-0.25, -0.2) is 0 Å². The van der Waals surface area contributed by atoms with Crippen LogP contribution in [0.1, 0.15) is 42.9 Å². The Balaban J connectivity index is 1.39. The predicted molar refractivity (Wildman–Crippen MR) is 113 cm³/mol. The molecule has 0 bridgehead atoms. The van der Waals surface area contributed by atoms with Gasteiger partial charge in [-0.05, 0) is 57.7 Å². The van der Waals surface area contributed by atoms with E-state index in [1.165, 1.54) is 0 Å². The van der Waals surface area contributed by atoms with Gasteiger partial charge in [-0.15, -0.1) is 0 Å². The van der Waals surface area contributed by atoms with E-state index in [4.69, 9.17) is 4.74 Å². The lowest BCUT2D eigenvalue weighted by Gasteiger charge is -2.54. The molecule has 0 spiro atoms. The predicted octanol–water partition coefficient (Wildman–Crippen LogP) is 3.12. The molecule has 2 aliphatic rings. The third kappa shape index (κ3) is 4.04. The van der Waals surface area contributed by atoms with Crippen molar-refractivity contribution in [3.8, 4) is 5.75 Å². The van der Waals surface area contributed by atoms with Crippen molar-refractivity contribution < 1.29 is 9.53 Å². The third-order valence-corrected chi connectivity index (χ3v) is 6.49. The lowest BCUT2D eigenvalue weighted by atomic mass is 9.79. The Labute approximate surface area is 173 Å². The quantitative estimate of drug-likeness (QED) is 0.779. The van der Waals surface area contributed by atoms with Crippen LogP contribution in [0.3, 0.4) is 0 Å². The summed E-state index contributed by atoms with van der Waals surface area (Å²) in [6, 6.07) is 12.9. The number of hydrogen-bond acceptors (Lipinski definition) is 4. The molecule has 2 atom stereocenters. The molecule has 1 aromatic carbocycles. The molecular weight excluding hydrogens is 364 g/mol. The minimum absolute atomic E-state index is 0.0542. The highest BCUT2D eigenvalue weighted by Crippen LogP contribution is 2.36. The second-order valence-corrected chi connectivity index (χ2v) is 8.67. The van der Waals surface area contributed by atoms with Crippen LogP contribution in [0.15, 0.2) is 36.4 Å². The van der Waals surface area contributed by atoms with Crippen LogP contribution in [-0.2, 0) is 7.05 Å². The first-order chi connectivity index (χ1) is 13.9. The summed E-state index contributed by atoms with van der Waals surface area (Å²) in [5, 5.41) is 4.36. The average molecular weight is 397 g/mol. The van der Waals surface area contributed by atoms with Crippen molar-refractivity contribution in [3.63, 3.8) is 0 Å². The molecule has 2 saturated heterocycles. The zero-order valence-electron chi connectivity index (χ0n) is 17.9. The van der Waals surface area contributed by atoms with E-state index in [2.05, 4.69) is 23.8 Å². The minimum atomic E-state index is 0.0542. The third-order valence-electron chi connectivity index (χ3n) is 6.49. The van der Waals surface area contributed by atoms with E-state index in [1.807, 2.05) is 55.3 Å². The lowest BCUT2D eigenvalue weighted by Crippen LogP contribution is -2.68. The van der Waals surface area contributed by atoms with Crippen LogP contribution in [0, 0.1) is 12.8 Å². The van der Waals surface area contributed by atoms with Crippen LogP contribution in [0.4, 0.5) is 0 Å². The molecule has 6 nitrogen and oxygen atoms in total. The highest BCUT2D eigenvalue weighted by molar-refractivity contribution is 5.92. The molecule has 29 heavy (non-hydrogen) atoms. The molecule has 1 aromatic heterocycles. The number of piperidine rings is 1. The molecule has 1 amide bonds. The van der Waals surface area contributed by atoms with Crippen molar-refractivity contribution in [2.45, 2.75) is 51.8 Å². The first kappa shape index (κ1) is 20.0. The summed E-state index contributed by atoms with van der Waals surface area (Å²) in [7, 11) is 1.88. The maximum Gasteiger partial charge on any atom is 0.274 e. The molecule has 6 heteroatoms. The number of para-hydroxylation sites is 1. The monoisotopic (exact) mass is 396 g/mol. The van der Waals surface area contributed by atoms with Crippen molar-refractivity contribution in [1.82, 2.24) is 19.6 Å². The maximum absolute atomic E-state index is 12.8. The molecule has 4 rings (SSSR count). The van der Waals surface area contributed by atoms with Gasteiger partial charge in [0.05, 0.1) is 6.04 Å².